The zero-order chi connectivity index (χ0) is 18.6. The molecule has 0 aliphatic heterocycles. The number of furan rings is 1. The van der Waals surface area contributed by atoms with E-state index in [1.54, 1.807) is 19.9 Å². The molecule has 1 aromatic heterocycles. The average molecular weight is 373 g/mol. The van der Waals surface area contributed by atoms with Gasteiger partial charge in [-0.1, -0.05) is 11.6 Å². The molecule has 6 nitrogen and oxygen atoms in total. The summed E-state index contributed by atoms with van der Waals surface area (Å²) >= 11 is 5.92. The second-order valence-electron chi connectivity index (χ2n) is 4.94. The molecule has 134 valence electrons. The molecule has 0 unspecified atom stereocenters. The van der Waals surface area contributed by atoms with E-state index in [4.69, 9.17) is 20.8 Å². The first-order chi connectivity index (χ1) is 11.8. The number of nitrogens with one attached hydrogen (secondary N) is 1. The minimum absolute atomic E-state index is 0.0156. The molecule has 0 saturated carbocycles. The van der Waals surface area contributed by atoms with Crippen LogP contribution in [-0.2, 0) is 0 Å². The van der Waals surface area contributed by atoms with Crippen LogP contribution in [-0.4, -0.2) is 25.8 Å². The number of hydrogen-bond donors (Lipinski definition) is 1. The number of amides is 1. The topological polar surface area (TPSA) is 73.1 Å². The van der Waals surface area contributed by atoms with Gasteiger partial charge in [0.2, 0.25) is 0 Å². The third kappa shape index (κ3) is 4.69. The van der Waals surface area contributed by atoms with Gasteiger partial charge in [0.25, 0.3) is 5.91 Å². The monoisotopic (exact) mass is 372 g/mol. The zero-order valence-corrected chi connectivity index (χ0v) is 14.4. The molecule has 2 aromatic rings. The summed E-state index contributed by atoms with van der Waals surface area (Å²) in [5.41, 5.74) is 3.13. The summed E-state index contributed by atoms with van der Waals surface area (Å²) < 4.78 is 39.3. The molecule has 0 spiro atoms. The highest BCUT2D eigenvalue weighted by molar-refractivity contribution is 6.32. The lowest BCUT2D eigenvalue weighted by Crippen LogP contribution is -2.17. The van der Waals surface area contributed by atoms with Crippen molar-refractivity contribution >= 4 is 23.7 Å². The van der Waals surface area contributed by atoms with E-state index in [0.29, 0.717) is 22.6 Å². The molecule has 0 saturated heterocycles. The van der Waals surface area contributed by atoms with E-state index in [0.717, 1.165) is 0 Å². The Hall–Kier alpha value is -2.61. The van der Waals surface area contributed by atoms with Crippen molar-refractivity contribution in [1.29, 1.82) is 0 Å². The van der Waals surface area contributed by atoms with Crippen molar-refractivity contribution in [2.75, 3.05) is 7.11 Å². The van der Waals surface area contributed by atoms with Crippen molar-refractivity contribution in [2.45, 2.75) is 20.5 Å². The summed E-state index contributed by atoms with van der Waals surface area (Å²) in [6.45, 7) is 0.356. The highest BCUT2D eigenvalue weighted by Gasteiger charge is 2.16. The zero-order valence-electron chi connectivity index (χ0n) is 13.6. The number of hydrogen-bond acceptors (Lipinski definition) is 5. The summed E-state index contributed by atoms with van der Waals surface area (Å²) in [4.78, 5) is 12.0. The van der Waals surface area contributed by atoms with Gasteiger partial charge < -0.3 is 13.9 Å². The van der Waals surface area contributed by atoms with E-state index in [2.05, 4.69) is 15.3 Å². The fraction of sp³-hybridized carbons (Fsp3) is 0.250. The van der Waals surface area contributed by atoms with Crippen LogP contribution >= 0.6 is 11.6 Å². The van der Waals surface area contributed by atoms with Crippen molar-refractivity contribution in [1.82, 2.24) is 5.43 Å². The summed E-state index contributed by atoms with van der Waals surface area (Å²) in [7, 11) is 1.29. The highest BCUT2D eigenvalue weighted by atomic mass is 35.5. The van der Waals surface area contributed by atoms with Gasteiger partial charge in [-0.25, -0.2) is 5.43 Å². The first-order valence-corrected chi connectivity index (χ1v) is 7.42. The Balaban J connectivity index is 2.14. The Bertz CT molecular complexity index is 806. The first kappa shape index (κ1) is 18.7. The van der Waals surface area contributed by atoms with Gasteiger partial charge in [-0.2, -0.15) is 13.9 Å². The summed E-state index contributed by atoms with van der Waals surface area (Å²) in [6.07, 6.45) is 1.29. The number of hydrazone groups is 1. The molecule has 1 N–H and O–H groups in total. The van der Waals surface area contributed by atoms with Crippen LogP contribution in [0.3, 0.4) is 0 Å². The van der Waals surface area contributed by atoms with E-state index in [1.807, 2.05) is 0 Å². The molecule has 1 aromatic carbocycles. The molecule has 0 fully saturated rings. The maximum Gasteiger partial charge on any atom is 0.387 e. The number of carbonyl (C=O) groups excluding carboxylic acids is 1. The minimum Gasteiger partial charge on any atom is -0.493 e. The first-order valence-electron chi connectivity index (χ1n) is 7.04. The number of ether oxygens (including phenoxy) is 2. The molecule has 0 radical (unpaired) electrons. The highest BCUT2D eigenvalue weighted by Crippen LogP contribution is 2.37. The summed E-state index contributed by atoms with van der Waals surface area (Å²) in [5.74, 6) is 0.384. The Kier molecular flexibility index (Phi) is 5.97. The predicted octanol–water partition coefficient (Wildman–Crippen LogP) is 3.92. The lowest BCUT2D eigenvalue weighted by Gasteiger charge is -2.12. The molecular weight excluding hydrogens is 358 g/mol. The molecule has 9 heteroatoms. The van der Waals surface area contributed by atoms with Crippen LogP contribution in [0.15, 0.2) is 27.7 Å². The molecular formula is C16H15ClF2N2O4. The molecule has 1 heterocycles. The van der Waals surface area contributed by atoms with Crippen LogP contribution in [0.4, 0.5) is 8.78 Å². The maximum atomic E-state index is 12.4. The Morgan fingerprint density at radius 3 is 2.64 bits per heavy atom. The number of nitrogens with zero attached hydrogens (tertiary/aromatic N) is 1. The van der Waals surface area contributed by atoms with Crippen molar-refractivity contribution in [2.24, 2.45) is 5.10 Å². The number of methoxy groups -OCH3 is 1. The number of rotatable bonds is 6. The third-order valence-electron chi connectivity index (χ3n) is 3.12. The van der Waals surface area contributed by atoms with Gasteiger partial charge in [-0.05, 0) is 37.6 Å². The standard InChI is InChI=1S/C16H15ClF2N2O4/c1-8-4-11(9(2)24-8)15(22)21-20-7-10-5-12(17)14(25-16(18)19)13(6-10)23-3/h4-7,16H,1-3H3,(H,21,22)/b20-7-. The molecule has 2 rings (SSSR count). The van der Waals surface area contributed by atoms with Gasteiger partial charge >= 0.3 is 6.61 Å². The normalized spacial score (nSPS) is 11.2. The van der Waals surface area contributed by atoms with Crippen molar-refractivity contribution in [3.05, 3.63) is 45.9 Å². The Labute approximate surface area is 147 Å². The lowest BCUT2D eigenvalue weighted by molar-refractivity contribution is -0.0511. The molecule has 0 bridgehead atoms. The van der Waals surface area contributed by atoms with Crippen molar-refractivity contribution < 1.29 is 27.5 Å². The largest absolute Gasteiger partial charge is 0.493 e. The van der Waals surface area contributed by atoms with Crippen LogP contribution in [0.5, 0.6) is 11.5 Å². The number of halogens is 3. The van der Waals surface area contributed by atoms with Gasteiger partial charge in [0.1, 0.15) is 11.5 Å². The van der Waals surface area contributed by atoms with E-state index in [1.165, 1.54) is 25.5 Å². The number of aryl methyl sites for hydroxylation is 2. The summed E-state index contributed by atoms with van der Waals surface area (Å²) in [5, 5.41) is 3.73. The average Bonchev–Trinajstić information content (AvgIpc) is 2.87. The van der Waals surface area contributed by atoms with E-state index in [-0.39, 0.29) is 16.5 Å². The van der Waals surface area contributed by atoms with Crippen LogP contribution in [0.1, 0.15) is 27.4 Å². The smallest absolute Gasteiger partial charge is 0.387 e. The van der Waals surface area contributed by atoms with Crippen LogP contribution in [0, 0.1) is 13.8 Å². The summed E-state index contributed by atoms with van der Waals surface area (Å²) in [6, 6.07) is 4.34. The van der Waals surface area contributed by atoms with E-state index >= 15 is 0 Å². The molecule has 0 aliphatic carbocycles. The molecule has 0 aliphatic rings. The number of carbonyl (C=O) groups is 1. The molecule has 1 amide bonds. The second-order valence-corrected chi connectivity index (χ2v) is 5.35. The number of benzene rings is 1. The van der Waals surface area contributed by atoms with Gasteiger partial charge in [-0.15, -0.1) is 0 Å². The SMILES string of the molecule is COc1cc(/C=N\NC(=O)c2cc(C)oc2C)cc(Cl)c1OC(F)F. The Morgan fingerprint density at radius 1 is 1.36 bits per heavy atom. The van der Waals surface area contributed by atoms with Gasteiger partial charge in [0.05, 0.1) is 23.9 Å². The molecule has 25 heavy (non-hydrogen) atoms. The molecule has 0 atom stereocenters. The fourth-order valence-corrected chi connectivity index (χ4v) is 2.36. The maximum absolute atomic E-state index is 12.4. The lowest BCUT2D eigenvalue weighted by atomic mass is 10.2. The van der Waals surface area contributed by atoms with Gasteiger partial charge in [-0.3, -0.25) is 4.79 Å². The van der Waals surface area contributed by atoms with E-state index in [9.17, 15) is 13.6 Å². The number of alkyl halides is 2. The van der Waals surface area contributed by atoms with Crippen molar-refractivity contribution in [3.8, 4) is 11.5 Å². The fourth-order valence-electron chi connectivity index (χ4n) is 2.10. The van der Waals surface area contributed by atoms with Crippen LogP contribution in [0.2, 0.25) is 5.02 Å². The van der Waals surface area contributed by atoms with Crippen molar-refractivity contribution in [3.63, 3.8) is 0 Å². The van der Waals surface area contributed by atoms with Crippen LogP contribution < -0.4 is 14.9 Å². The van der Waals surface area contributed by atoms with Crippen LogP contribution in [0.25, 0.3) is 0 Å². The minimum atomic E-state index is -3.04. The second kappa shape index (κ2) is 7.98. The van der Waals surface area contributed by atoms with Gasteiger partial charge in [0, 0.05) is 0 Å². The predicted molar refractivity (Wildman–Crippen MR) is 87.9 cm³/mol. The third-order valence-corrected chi connectivity index (χ3v) is 3.40. The van der Waals surface area contributed by atoms with Gasteiger partial charge in [0.15, 0.2) is 11.5 Å². The van der Waals surface area contributed by atoms with E-state index < -0.39 is 12.5 Å². The Morgan fingerprint density at radius 2 is 2.08 bits per heavy atom. The quantitative estimate of drug-likeness (QED) is 0.616.